The number of ether oxygens (including phenoxy) is 1. The zero-order chi connectivity index (χ0) is 20.2. The summed E-state index contributed by atoms with van der Waals surface area (Å²) >= 11 is 1.51. The first kappa shape index (κ1) is 26.3. The number of carboxylic acid groups (broad SMARTS) is 1. The van der Waals surface area contributed by atoms with Crippen molar-refractivity contribution in [3.05, 3.63) is 0 Å². The highest BCUT2D eigenvalue weighted by Crippen LogP contribution is 2.19. The van der Waals surface area contributed by atoms with E-state index in [9.17, 15) is 9.59 Å². The molecule has 0 rings (SSSR count). The van der Waals surface area contributed by atoms with Gasteiger partial charge in [0.05, 0.1) is 19.4 Å². The fourth-order valence-corrected chi connectivity index (χ4v) is 3.92. The van der Waals surface area contributed by atoms with E-state index in [1.54, 1.807) is 0 Å². The topological polar surface area (TPSA) is 63.6 Å². The Bertz CT molecular complexity index is 360. The van der Waals surface area contributed by atoms with Gasteiger partial charge in [0.2, 0.25) is 0 Å². The van der Waals surface area contributed by atoms with Gasteiger partial charge in [-0.05, 0) is 18.8 Å². The van der Waals surface area contributed by atoms with Gasteiger partial charge in [-0.15, -0.1) is 0 Å². The molecule has 0 saturated carbocycles. The first-order valence-corrected chi connectivity index (χ1v) is 12.2. The predicted molar refractivity (Wildman–Crippen MR) is 115 cm³/mol. The second kappa shape index (κ2) is 20.0. The Labute approximate surface area is 171 Å². The van der Waals surface area contributed by atoms with Gasteiger partial charge in [-0.25, -0.2) is 0 Å². The van der Waals surface area contributed by atoms with Crippen molar-refractivity contribution in [3.63, 3.8) is 0 Å². The molecule has 27 heavy (non-hydrogen) atoms. The molecule has 5 heteroatoms. The molecule has 160 valence electrons. The van der Waals surface area contributed by atoms with E-state index in [0.29, 0.717) is 30.5 Å². The molecule has 4 nitrogen and oxygen atoms in total. The summed E-state index contributed by atoms with van der Waals surface area (Å²) in [6.07, 6.45) is 15.7. The standard InChI is InChI=1S/C22H42O4S/c1-3-5-7-9-10-12-14-20(13-11-8-6-4-2)19-26-22(25)16-18-27-17-15-21(23)24/h20H,3-19H2,1-2H3,(H,23,24). The Hall–Kier alpha value is -0.710. The zero-order valence-electron chi connectivity index (χ0n) is 17.7. The van der Waals surface area contributed by atoms with Crippen molar-refractivity contribution in [1.82, 2.24) is 0 Å². The maximum Gasteiger partial charge on any atom is 0.306 e. The molecular formula is C22H42O4S. The predicted octanol–water partition coefficient (Wildman–Crippen LogP) is 6.46. The van der Waals surface area contributed by atoms with Crippen molar-refractivity contribution in [2.45, 2.75) is 104 Å². The van der Waals surface area contributed by atoms with Crippen molar-refractivity contribution in [2.24, 2.45) is 5.92 Å². The number of rotatable bonds is 20. The Morgan fingerprint density at radius 1 is 0.815 bits per heavy atom. The second-order valence-corrected chi connectivity index (χ2v) is 8.69. The van der Waals surface area contributed by atoms with Crippen molar-refractivity contribution < 1.29 is 19.4 Å². The molecule has 0 bridgehead atoms. The molecule has 0 fully saturated rings. The number of carboxylic acids is 1. The lowest BCUT2D eigenvalue weighted by atomic mass is 9.95. The fraction of sp³-hybridized carbons (Fsp3) is 0.909. The molecule has 1 N–H and O–H groups in total. The Morgan fingerprint density at radius 3 is 1.93 bits per heavy atom. The van der Waals surface area contributed by atoms with Gasteiger partial charge in [0, 0.05) is 11.5 Å². The zero-order valence-corrected chi connectivity index (χ0v) is 18.5. The first-order chi connectivity index (χ1) is 13.1. The molecule has 0 aromatic rings. The molecule has 0 amide bonds. The number of thioether (sulfide) groups is 1. The van der Waals surface area contributed by atoms with Gasteiger partial charge < -0.3 is 9.84 Å². The van der Waals surface area contributed by atoms with Crippen LogP contribution in [0.5, 0.6) is 0 Å². The van der Waals surface area contributed by atoms with Gasteiger partial charge >= 0.3 is 11.9 Å². The molecule has 1 unspecified atom stereocenters. The van der Waals surface area contributed by atoms with E-state index in [2.05, 4.69) is 13.8 Å². The van der Waals surface area contributed by atoms with Crippen LogP contribution < -0.4 is 0 Å². The molecule has 0 aliphatic carbocycles. The average molecular weight is 403 g/mol. The van der Waals surface area contributed by atoms with Crippen LogP contribution in [0.4, 0.5) is 0 Å². The van der Waals surface area contributed by atoms with Crippen LogP contribution >= 0.6 is 11.8 Å². The summed E-state index contributed by atoms with van der Waals surface area (Å²) in [7, 11) is 0. The number of unbranched alkanes of at least 4 members (excludes halogenated alkanes) is 8. The van der Waals surface area contributed by atoms with E-state index in [-0.39, 0.29) is 12.4 Å². The smallest absolute Gasteiger partial charge is 0.306 e. The minimum Gasteiger partial charge on any atom is -0.481 e. The largest absolute Gasteiger partial charge is 0.481 e. The molecule has 0 aromatic carbocycles. The van der Waals surface area contributed by atoms with E-state index >= 15 is 0 Å². The maximum atomic E-state index is 11.9. The number of hydrogen-bond acceptors (Lipinski definition) is 4. The monoisotopic (exact) mass is 402 g/mol. The van der Waals surface area contributed by atoms with Gasteiger partial charge in [0.25, 0.3) is 0 Å². The van der Waals surface area contributed by atoms with Crippen LogP contribution in [0.15, 0.2) is 0 Å². The number of carbonyl (C=O) groups is 2. The lowest BCUT2D eigenvalue weighted by Crippen LogP contribution is -2.15. The van der Waals surface area contributed by atoms with Crippen LogP contribution in [-0.4, -0.2) is 35.2 Å². The van der Waals surface area contributed by atoms with E-state index in [0.717, 1.165) is 6.42 Å². The SMILES string of the molecule is CCCCCCCCC(CCCCCC)COC(=O)CCSCCC(=O)O. The molecule has 1 atom stereocenters. The van der Waals surface area contributed by atoms with Crippen LogP contribution in [0.3, 0.4) is 0 Å². The summed E-state index contributed by atoms with van der Waals surface area (Å²) in [6, 6.07) is 0. The minimum atomic E-state index is -0.786. The highest BCUT2D eigenvalue weighted by molar-refractivity contribution is 7.99. The van der Waals surface area contributed by atoms with Gasteiger partial charge in [-0.1, -0.05) is 78.1 Å². The summed E-state index contributed by atoms with van der Waals surface area (Å²) in [5.74, 6) is 0.771. The van der Waals surface area contributed by atoms with Gasteiger partial charge in [-0.3, -0.25) is 9.59 Å². The molecule has 0 saturated heterocycles. The molecule has 0 aliphatic rings. The van der Waals surface area contributed by atoms with E-state index < -0.39 is 5.97 Å². The van der Waals surface area contributed by atoms with Gasteiger partial charge in [0.15, 0.2) is 0 Å². The van der Waals surface area contributed by atoms with Crippen molar-refractivity contribution in [1.29, 1.82) is 0 Å². The highest BCUT2D eigenvalue weighted by Gasteiger charge is 2.12. The summed E-state index contributed by atoms with van der Waals surface area (Å²) < 4.78 is 5.52. The molecule has 0 spiro atoms. The second-order valence-electron chi connectivity index (χ2n) is 7.46. The van der Waals surface area contributed by atoms with Crippen molar-refractivity contribution in [3.8, 4) is 0 Å². The van der Waals surface area contributed by atoms with Crippen molar-refractivity contribution >= 4 is 23.7 Å². The van der Waals surface area contributed by atoms with Crippen LogP contribution in [0.25, 0.3) is 0 Å². The van der Waals surface area contributed by atoms with Crippen LogP contribution in [-0.2, 0) is 14.3 Å². The summed E-state index contributed by atoms with van der Waals surface area (Å²) in [5, 5.41) is 8.60. The summed E-state index contributed by atoms with van der Waals surface area (Å²) in [4.78, 5) is 22.4. The third kappa shape index (κ3) is 19.8. The number of carbonyl (C=O) groups excluding carboxylic acids is 1. The lowest BCUT2D eigenvalue weighted by molar-refractivity contribution is -0.144. The molecule has 0 radical (unpaired) electrons. The van der Waals surface area contributed by atoms with Gasteiger partial charge in [0.1, 0.15) is 0 Å². The summed E-state index contributed by atoms with van der Waals surface area (Å²) in [6.45, 7) is 5.02. The number of esters is 1. The maximum absolute atomic E-state index is 11.9. The van der Waals surface area contributed by atoms with E-state index in [1.807, 2.05) is 0 Å². The Balaban J connectivity index is 3.94. The van der Waals surface area contributed by atoms with Gasteiger partial charge in [-0.2, -0.15) is 11.8 Å². The summed E-state index contributed by atoms with van der Waals surface area (Å²) in [5.41, 5.74) is 0. The fourth-order valence-electron chi connectivity index (χ4n) is 3.08. The van der Waals surface area contributed by atoms with Crippen molar-refractivity contribution in [2.75, 3.05) is 18.1 Å². The Kier molecular flexibility index (Phi) is 19.5. The normalized spacial score (nSPS) is 12.1. The molecule has 0 heterocycles. The Morgan fingerprint density at radius 2 is 1.33 bits per heavy atom. The van der Waals surface area contributed by atoms with Crippen LogP contribution in [0.1, 0.15) is 104 Å². The molecule has 0 aromatic heterocycles. The first-order valence-electron chi connectivity index (χ1n) is 11.0. The molecule has 0 aliphatic heterocycles. The quantitative estimate of drug-likeness (QED) is 0.187. The van der Waals surface area contributed by atoms with Crippen LogP contribution in [0.2, 0.25) is 0 Å². The minimum absolute atomic E-state index is 0.140. The highest BCUT2D eigenvalue weighted by atomic mass is 32.2. The number of hydrogen-bond donors (Lipinski definition) is 1. The van der Waals surface area contributed by atoms with E-state index in [1.165, 1.54) is 82.4 Å². The third-order valence-corrected chi connectivity index (χ3v) is 5.81. The van der Waals surface area contributed by atoms with E-state index in [4.69, 9.17) is 9.84 Å². The molecular weight excluding hydrogens is 360 g/mol. The number of aliphatic carboxylic acids is 1. The third-order valence-electron chi connectivity index (χ3n) is 4.82. The van der Waals surface area contributed by atoms with Crippen LogP contribution in [0, 0.1) is 5.92 Å². The average Bonchev–Trinajstić information content (AvgIpc) is 2.64. The lowest BCUT2D eigenvalue weighted by Gasteiger charge is -2.17.